The Hall–Kier alpha value is -1.88. The van der Waals surface area contributed by atoms with E-state index in [1.54, 1.807) is 11.3 Å². The van der Waals surface area contributed by atoms with E-state index in [1.165, 1.54) is 4.88 Å². The number of benzene rings is 1. The van der Waals surface area contributed by atoms with Crippen LogP contribution in [0.2, 0.25) is 0 Å². The van der Waals surface area contributed by atoms with Gasteiger partial charge in [0.2, 0.25) is 0 Å². The van der Waals surface area contributed by atoms with Crippen molar-refractivity contribution < 1.29 is 4.79 Å². The van der Waals surface area contributed by atoms with Crippen molar-refractivity contribution in [2.45, 2.75) is 26.8 Å². The molecule has 106 valence electrons. The highest BCUT2D eigenvalue weighted by Crippen LogP contribution is 2.17. The molecule has 2 N–H and O–H groups in total. The molecular formula is C15H19N3OS. The summed E-state index contributed by atoms with van der Waals surface area (Å²) in [7, 11) is 0. The summed E-state index contributed by atoms with van der Waals surface area (Å²) in [5.41, 5.74) is 1.77. The van der Waals surface area contributed by atoms with E-state index in [1.807, 2.05) is 44.3 Å². The predicted molar refractivity (Wildman–Crippen MR) is 83.2 cm³/mol. The van der Waals surface area contributed by atoms with Crippen LogP contribution in [0.3, 0.4) is 0 Å². The van der Waals surface area contributed by atoms with Crippen LogP contribution >= 0.6 is 11.3 Å². The number of nitrogens with one attached hydrogen (secondary N) is 2. The van der Waals surface area contributed by atoms with Gasteiger partial charge >= 0.3 is 0 Å². The Balaban J connectivity index is 1.97. The lowest BCUT2D eigenvalue weighted by molar-refractivity contribution is 0.0953. The number of anilines is 1. The van der Waals surface area contributed by atoms with Crippen molar-refractivity contribution in [2.75, 3.05) is 11.9 Å². The summed E-state index contributed by atoms with van der Waals surface area (Å²) in [6, 6.07) is 7.66. The summed E-state index contributed by atoms with van der Waals surface area (Å²) >= 11 is 1.63. The quantitative estimate of drug-likeness (QED) is 0.858. The van der Waals surface area contributed by atoms with Gasteiger partial charge < -0.3 is 10.6 Å². The average molecular weight is 289 g/mol. The first-order valence-electron chi connectivity index (χ1n) is 6.72. The molecule has 0 saturated carbocycles. The van der Waals surface area contributed by atoms with Crippen molar-refractivity contribution in [3.05, 3.63) is 46.5 Å². The number of aromatic nitrogens is 1. The lowest BCUT2D eigenvalue weighted by Gasteiger charge is -2.07. The molecule has 4 nitrogen and oxygen atoms in total. The van der Waals surface area contributed by atoms with E-state index in [4.69, 9.17) is 0 Å². The molecule has 1 aromatic heterocycles. The fourth-order valence-corrected chi connectivity index (χ4v) is 2.44. The van der Waals surface area contributed by atoms with E-state index >= 15 is 0 Å². The molecular weight excluding hydrogens is 270 g/mol. The fraction of sp³-hybridized carbons (Fsp3) is 0.333. The first-order valence-corrected chi connectivity index (χ1v) is 7.54. The molecule has 0 radical (unpaired) electrons. The van der Waals surface area contributed by atoms with Crippen LogP contribution in [0.15, 0.2) is 30.5 Å². The summed E-state index contributed by atoms with van der Waals surface area (Å²) in [4.78, 5) is 17.3. The summed E-state index contributed by atoms with van der Waals surface area (Å²) in [5, 5.41) is 7.06. The van der Waals surface area contributed by atoms with Crippen LogP contribution in [-0.4, -0.2) is 17.4 Å². The molecule has 1 heterocycles. The summed E-state index contributed by atoms with van der Waals surface area (Å²) in [5.74, 6) is -0.0150. The molecule has 0 bridgehead atoms. The number of thiazole rings is 1. The molecule has 2 rings (SSSR count). The first-order chi connectivity index (χ1) is 9.69. The highest BCUT2D eigenvalue weighted by molar-refractivity contribution is 7.15. The third-order valence-electron chi connectivity index (χ3n) is 2.79. The molecule has 0 spiro atoms. The topological polar surface area (TPSA) is 54.0 Å². The maximum Gasteiger partial charge on any atom is 0.251 e. The Bertz CT molecular complexity index is 580. The van der Waals surface area contributed by atoms with Gasteiger partial charge in [-0.1, -0.05) is 19.1 Å². The van der Waals surface area contributed by atoms with Crippen molar-refractivity contribution in [3.63, 3.8) is 0 Å². The molecule has 20 heavy (non-hydrogen) atoms. The largest absolute Gasteiger partial charge is 0.357 e. The maximum absolute atomic E-state index is 11.9. The van der Waals surface area contributed by atoms with Crippen LogP contribution in [0.5, 0.6) is 0 Å². The lowest BCUT2D eigenvalue weighted by Crippen LogP contribution is -2.24. The Kier molecular flexibility index (Phi) is 5.12. The standard InChI is InChI=1S/C15H19N3OS/c1-3-7-16-14(19)13-6-4-5-12(8-13)10-18-15-17-9-11(2)20-15/h4-6,8-9H,3,7,10H2,1-2H3,(H,16,19)(H,17,18). The second-order valence-electron chi connectivity index (χ2n) is 4.59. The van der Waals surface area contributed by atoms with Crippen LogP contribution in [0.4, 0.5) is 5.13 Å². The molecule has 0 aliphatic rings. The average Bonchev–Trinajstić information content (AvgIpc) is 2.88. The van der Waals surface area contributed by atoms with Crippen LogP contribution in [0.25, 0.3) is 0 Å². The molecule has 2 aromatic rings. The number of carbonyl (C=O) groups excluding carboxylic acids is 1. The predicted octanol–water partition coefficient (Wildman–Crippen LogP) is 3.20. The number of amides is 1. The summed E-state index contributed by atoms with van der Waals surface area (Å²) in [6.45, 7) is 5.44. The van der Waals surface area contributed by atoms with Crippen molar-refractivity contribution in [2.24, 2.45) is 0 Å². The van der Waals surface area contributed by atoms with E-state index in [2.05, 4.69) is 15.6 Å². The van der Waals surface area contributed by atoms with Gasteiger partial charge in [0.15, 0.2) is 5.13 Å². The van der Waals surface area contributed by atoms with E-state index < -0.39 is 0 Å². The highest BCUT2D eigenvalue weighted by Gasteiger charge is 2.05. The molecule has 0 fully saturated rings. The van der Waals surface area contributed by atoms with Crippen LogP contribution < -0.4 is 10.6 Å². The van der Waals surface area contributed by atoms with Gasteiger partial charge in [0.1, 0.15) is 0 Å². The minimum Gasteiger partial charge on any atom is -0.357 e. The van der Waals surface area contributed by atoms with E-state index in [-0.39, 0.29) is 5.91 Å². The van der Waals surface area contributed by atoms with Gasteiger partial charge in [-0.2, -0.15) is 0 Å². The van der Waals surface area contributed by atoms with Crippen molar-refractivity contribution >= 4 is 22.4 Å². The molecule has 0 aliphatic heterocycles. The zero-order chi connectivity index (χ0) is 14.4. The van der Waals surface area contributed by atoms with Crippen LogP contribution in [-0.2, 0) is 6.54 Å². The van der Waals surface area contributed by atoms with Crippen molar-refractivity contribution in [1.82, 2.24) is 10.3 Å². The number of nitrogens with zero attached hydrogens (tertiary/aromatic N) is 1. The number of aryl methyl sites for hydroxylation is 1. The summed E-state index contributed by atoms with van der Waals surface area (Å²) < 4.78 is 0. The molecule has 0 aliphatic carbocycles. The normalized spacial score (nSPS) is 10.3. The van der Waals surface area contributed by atoms with E-state index in [0.29, 0.717) is 18.7 Å². The third kappa shape index (κ3) is 4.06. The first kappa shape index (κ1) is 14.5. The Morgan fingerprint density at radius 1 is 1.40 bits per heavy atom. The Morgan fingerprint density at radius 3 is 2.95 bits per heavy atom. The SMILES string of the molecule is CCCNC(=O)c1cccc(CNc2ncc(C)s2)c1. The monoisotopic (exact) mass is 289 g/mol. The lowest BCUT2D eigenvalue weighted by atomic mass is 10.1. The zero-order valence-corrected chi connectivity index (χ0v) is 12.6. The van der Waals surface area contributed by atoms with Gasteiger partial charge in [-0.3, -0.25) is 4.79 Å². The van der Waals surface area contributed by atoms with Crippen molar-refractivity contribution in [3.8, 4) is 0 Å². The van der Waals surface area contributed by atoms with Gasteiger partial charge in [0.05, 0.1) is 0 Å². The van der Waals surface area contributed by atoms with Gasteiger partial charge in [0.25, 0.3) is 5.91 Å². The second kappa shape index (κ2) is 7.05. The van der Waals surface area contributed by atoms with Crippen LogP contribution in [0.1, 0.15) is 34.1 Å². The van der Waals surface area contributed by atoms with Gasteiger partial charge in [0, 0.05) is 29.7 Å². The van der Waals surface area contributed by atoms with Gasteiger partial charge in [-0.05, 0) is 31.0 Å². The fourth-order valence-electron chi connectivity index (χ4n) is 1.78. The zero-order valence-electron chi connectivity index (χ0n) is 11.8. The van der Waals surface area contributed by atoms with E-state index in [0.717, 1.165) is 17.1 Å². The third-order valence-corrected chi connectivity index (χ3v) is 3.66. The Labute approximate surface area is 123 Å². The van der Waals surface area contributed by atoms with Crippen molar-refractivity contribution in [1.29, 1.82) is 0 Å². The number of rotatable bonds is 6. The molecule has 1 aromatic carbocycles. The number of hydrogen-bond acceptors (Lipinski definition) is 4. The number of hydrogen-bond donors (Lipinski definition) is 2. The Morgan fingerprint density at radius 2 is 2.25 bits per heavy atom. The van der Waals surface area contributed by atoms with E-state index in [9.17, 15) is 4.79 Å². The number of carbonyl (C=O) groups is 1. The van der Waals surface area contributed by atoms with Gasteiger partial charge in [-0.25, -0.2) is 4.98 Å². The van der Waals surface area contributed by atoms with Crippen LogP contribution in [0, 0.1) is 6.92 Å². The minimum atomic E-state index is -0.0150. The molecule has 5 heteroatoms. The second-order valence-corrected chi connectivity index (χ2v) is 5.82. The molecule has 0 atom stereocenters. The highest BCUT2D eigenvalue weighted by atomic mass is 32.1. The summed E-state index contributed by atoms with van der Waals surface area (Å²) in [6.07, 6.45) is 2.79. The smallest absolute Gasteiger partial charge is 0.251 e. The molecule has 1 amide bonds. The minimum absolute atomic E-state index is 0.0150. The van der Waals surface area contributed by atoms with Gasteiger partial charge in [-0.15, -0.1) is 11.3 Å². The molecule has 0 unspecified atom stereocenters. The maximum atomic E-state index is 11.9. The molecule has 0 saturated heterocycles.